The van der Waals surface area contributed by atoms with E-state index in [2.05, 4.69) is 0 Å². The molecule has 0 fully saturated rings. The second-order valence-electron chi connectivity index (χ2n) is 12.2. The summed E-state index contributed by atoms with van der Waals surface area (Å²) in [5.74, 6) is -2.75. The zero-order valence-corrected chi connectivity index (χ0v) is 29.8. The van der Waals surface area contributed by atoms with Crippen molar-refractivity contribution in [1.82, 2.24) is 0 Å². The van der Waals surface area contributed by atoms with Crippen molar-refractivity contribution in [2.24, 2.45) is 0 Å². The molecule has 0 unspecified atom stereocenters. The van der Waals surface area contributed by atoms with Crippen LogP contribution in [0.15, 0.2) is 60.7 Å². The summed E-state index contributed by atoms with van der Waals surface area (Å²) in [6.07, 6.45) is 1.63. The Morgan fingerprint density at radius 1 is 0.463 bits per heavy atom. The van der Waals surface area contributed by atoms with E-state index >= 15 is 0 Å². The molecule has 2 atom stereocenters. The highest BCUT2D eigenvalue weighted by Crippen LogP contribution is 2.57. The zero-order valence-electron chi connectivity index (χ0n) is 29.8. The molecular weight excluding hydrogens is 704 g/mol. The summed E-state index contributed by atoms with van der Waals surface area (Å²) in [4.78, 5) is 71.8. The SMILES string of the molecule is CC(=O)Oc1cc(C=Cc2ccc3c(c2)O[C@H]2c4cc(OC(C)=O)c(OC(C)=O)cc4-c4c(OC(C)=O)cc(OC(C)=O)cc4[C@@H]2O3)cc(OC(C)=O)c1. The molecule has 0 radical (unpaired) electrons. The van der Waals surface area contributed by atoms with Crippen LogP contribution in [0.4, 0.5) is 0 Å². The van der Waals surface area contributed by atoms with Crippen molar-refractivity contribution in [2.75, 3.05) is 0 Å². The number of fused-ring (bicyclic) bond motifs is 7. The second-order valence-corrected chi connectivity index (χ2v) is 12.2. The molecule has 54 heavy (non-hydrogen) atoms. The summed E-state index contributed by atoms with van der Waals surface area (Å²) >= 11 is 0. The molecular formula is C40H32O14. The molecule has 0 saturated carbocycles. The van der Waals surface area contributed by atoms with Crippen molar-refractivity contribution in [1.29, 1.82) is 0 Å². The molecule has 0 amide bonds. The first kappa shape index (κ1) is 36.8. The van der Waals surface area contributed by atoms with Gasteiger partial charge in [-0.3, -0.25) is 28.8 Å². The fraction of sp³-hybridized carbons (Fsp3) is 0.200. The fourth-order valence-electron chi connectivity index (χ4n) is 6.08. The lowest BCUT2D eigenvalue weighted by Crippen LogP contribution is -2.30. The molecule has 4 aromatic carbocycles. The monoisotopic (exact) mass is 736 g/mol. The predicted octanol–water partition coefficient (Wildman–Crippen LogP) is 6.64. The van der Waals surface area contributed by atoms with E-state index < -0.39 is 48.0 Å². The molecule has 0 spiro atoms. The van der Waals surface area contributed by atoms with Crippen molar-refractivity contribution in [3.05, 3.63) is 82.9 Å². The van der Waals surface area contributed by atoms with E-state index in [0.717, 1.165) is 0 Å². The minimum Gasteiger partial charge on any atom is -0.478 e. The van der Waals surface area contributed by atoms with Gasteiger partial charge in [0.1, 0.15) is 23.0 Å². The highest BCUT2D eigenvalue weighted by molar-refractivity contribution is 5.87. The Labute approximate surface area is 308 Å². The number of hydrogen-bond donors (Lipinski definition) is 0. The van der Waals surface area contributed by atoms with Gasteiger partial charge in [-0.25, -0.2) is 0 Å². The smallest absolute Gasteiger partial charge is 0.308 e. The molecule has 1 heterocycles. The van der Waals surface area contributed by atoms with E-state index in [-0.39, 0.29) is 34.5 Å². The van der Waals surface area contributed by atoms with Gasteiger partial charge < -0.3 is 37.9 Å². The molecule has 4 aromatic rings. The van der Waals surface area contributed by atoms with Crippen molar-refractivity contribution in [3.8, 4) is 57.1 Å². The van der Waals surface area contributed by atoms with Gasteiger partial charge in [0.2, 0.25) is 0 Å². The number of rotatable bonds is 8. The zero-order chi connectivity index (χ0) is 38.8. The van der Waals surface area contributed by atoms with E-state index in [0.29, 0.717) is 44.9 Å². The number of benzene rings is 4. The number of carbonyl (C=O) groups excluding carboxylic acids is 6. The van der Waals surface area contributed by atoms with Crippen molar-refractivity contribution >= 4 is 48.0 Å². The standard InChI is InChI=1S/C40H32O14/c1-19(41)47-27-11-26(12-28(14-27)48-20(2)42)8-7-25-9-10-33-34(13-25)54-39-31-18-36(51-23(5)45)35(50-22(4)44)17-30(31)38-32(40(39)53-33)15-29(49-21(3)43)16-37(38)52-24(6)46/h7-18,39-40H,1-6H3/t39-,40-/m0/s1. The van der Waals surface area contributed by atoms with Crippen molar-refractivity contribution in [2.45, 2.75) is 53.8 Å². The first-order valence-electron chi connectivity index (χ1n) is 16.4. The third-order valence-corrected chi connectivity index (χ3v) is 7.77. The van der Waals surface area contributed by atoms with Crippen molar-refractivity contribution < 1.29 is 66.7 Å². The topological polar surface area (TPSA) is 176 Å². The average molecular weight is 737 g/mol. The molecule has 14 nitrogen and oxygen atoms in total. The minimum atomic E-state index is -0.927. The Bertz CT molecular complexity index is 2250. The summed E-state index contributed by atoms with van der Waals surface area (Å²) < 4.78 is 45.5. The van der Waals surface area contributed by atoms with Crippen LogP contribution in [0.2, 0.25) is 0 Å². The first-order chi connectivity index (χ1) is 25.6. The maximum absolute atomic E-state index is 12.3. The lowest BCUT2D eigenvalue weighted by molar-refractivity contribution is -0.134. The third-order valence-electron chi connectivity index (χ3n) is 7.77. The summed E-state index contributed by atoms with van der Waals surface area (Å²) in [5, 5.41) is 0. The fourth-order valence-corrected chi connectivity index (χ4v) is 6.08. The lowest BCUT2D eigenvalue weighted by atomic mass is 9.80. The number of hydrogen-bond acceptors (Lipinski definition) is 14. The van der Waals surface area contributed by atoms with Crippen LogP contribution in [0.5, 0.6) is 46.0 Å². The number of ether oxygens (including phenoxy) is 8. The number of esters is 6. The van der Waals surface area contributed by atoms with Crippen LogP contribution in [0, 0.1) is 0 Å². The molecule has 0 bridgehead atoms. The van der Waals surface area contributed by atoms with E-state index in [1.165, 1.54) is 65.8 Å². The first-order valence-corrected chi connectivity index (χ1v) is 16.4. The Kier molecular flexibility index (Phi) is 10.2. The van der Waals surface area contributed by atoms with E-state index in [1.807, 2.05) is 0 Å². The lowest BCUT2D eigenvalue weighted by Gasteiger charge is -2.40. The van der Waals surface area contributed by atoms with Gasteiger partial charge in [0.25, 0.3) is 0 Å². The van der Waals surface area contributed by atoms with Gasteiger partial charge in [0.15, 0.2) is 35.2 Å². The highest BCUT2D eigenvalue weighted by Gasteiger charge is 2.44. The van der Waals surface area contributed by atoms with Gasteiger partial charge >= 0.3 is 35.8 Å². The normalized spacial score (nSPS) is 14.8. The van der Waals surface area contributed by atoms with Gasteiger partial charge in [-0.2, -0.15) is 0 Å². The highest BCUT2D eigenvalue weighted by atomic mass is 16.6. The molecule has 1 aliphatic heterocycles. The van der Waals surface area contributed by atoms with E-state index in [1.54, 1.807) is 48.6 Å². The average Bonchev–Trinajstić information content (AvgIpc) is 3.05. The van der Waals surface area contributed by atoms with Crippen LogP contribution in [0.25, 0.3) is 23.3 Å². The Morgan fingerprint density at radius 2 is 0.944 bits per heavy atom. The van der Waals surface area contributed by atoms with Crippen LogP contribution in [-0.2, 0) is 28.8 Å². The Balaban J connectivity index is 1.47. The van der Waals surface area contributed by atoms with Crippen molar-refractivity contribution in [3.63, 3.8) is 0 Å². The van der Waals surface area contributed by atoms with Gasteiger partial charge in [0, 0.05) is 70.4 Å². The Hall–Kier alpha value is -6.96. The van der Waals surface area contributed by atoms with Crippen LogP contribution < -0.4 is 37.9 Å². The van der Waals surface area contributed by atoms with Crippen LogP contribution >= 0.6 is 0 Å². The molecule has 6 rings (SSSR count). The summed E-state index contributed by atoms with van der Waals surface area (Å²) in [7, 11) is 0. The molecule has 2 aliphatic rings. The largest absolute Gasteiger partial charge is 0.478 e. The maximum atomic E-state index is 12.3. The summed E-state index contributed by atoms with van der Waals surface area (Å²) in [5.41, 5.74) is 2.83. The molecule has 1 aliphatic carbocycles. The van der Waals surface area contributed by atoms with Crippen LogP contribution in [0.1, 0.15) is 76.0 Å². The Morgan fingerprint density at radius 3 is 1.52 bits per heavy atom. The number of carbonyl (C=O) groups is 6. The third kappa shape index (κ3) is 8.23. The molecule has 0 aromatic heterocycles. The van der Waals surface area contributed by atoms with Gasteiger partial charge in [-0.1, -0.05) is 18.2 Å². The van der Waals surface area contributed by atoms with Crippen LogP contribution in [-0.4, -0.2) is 35.8 Å². The second kappa shape index (κ2) is 14.9. The predicted molar refractivity (Wildman–Crippen MR) is 188 cm³/mol. The quantitative estimate of drug-likeness (QED) is 0.107. The minimum absolute atomic E-state index is 0.0227. The van der Waals surface area contributed by atoms with E-state index in [9.17, 15) is 28.8 Å². The van der Waals surface area contributed by atoms with E-state index in [4.69, 9.17) is 37.9 Å². The molecule has 276 valence electrons. The molecule has 14 heteroatoms. The van der Waals surface area contributed by atoms with Crippen LogP contribution in [0.3, 0.4) is 0 Å². The maximum Gasteiger partial charge on any atom is 0.308 e. The van der Waals surface area contributed by atoms with Gasteiger partial charge in [-0.15, -0.1) is 0 Å². The van der Waals surface area contributed by atoms with Gasteiger partial charge in [-0.05, 0) is 59.2 Å². The summed E-state index contributed by atoms with van der Waals surface area (Å²) in [6, 6.07) is 15.7. The van der Waals surface area contributed by atoms with Gasteiger partial charge in [0.05, 0.1) is 0 Å². The molecule has 0 N–H and O–H groups in total. The molecule has 0 saturated heterocycles. The summed E-state index contributed by atoms with van der Waals surface area (Å²) in [6.45, 7) is 7.33.